The zero-order valence-electron chi connectivity index (χ0n) is 10.6. The van der Waals surface area contributed by atoms with Gasteiger partial charge in [-0.1, -0.05) is 0 Å². The largest absolute Gasteiger partial charge is 0.488 e. The Labute approximate surface area is 110 Å². The Balaban J connectivity index is 1.81. The summed E-state index contributed by atoms with van der Waals surface area (Å²) < 4.78 is 37.8. The quantitative estimate of drug-likeness (QED) is 0.913. The Morgan fingerprint density at radius 2 is 2.26 bits per heavy atom. The van der Waals surface area contributed by atoms with Gasteiger partial charge in [0.1, 0.15) is 23.8 Å². The zero-order valence-corrected chi connectivity index (χ0v) is 10.6. The second-order valence-corrected chi connectivity index (χ2v) is 5.08. The van der Waals surface area contributed by atoms with Gasteiger partial charge >= 0.3 is 0 Å². The molecule has 0 spiro atoms. The van der Waals surface area contributed by atoms with Crippen LogP contribution >= 0.6 is 0 Å². The van der Waals surface area contributed by atoms with Gasteiger partial charge in [-0.15, -0.1) is 0 Å². The maximum atomic E-state index is 13.4. The molecule has 0 unspecified atom stereocenters. The van der Waals surface area contributed by atoms with Crippen LogP contribution in [0.25, 0.3) is 0 Å². The first-order valence-corrected chi connectivity index (χ1v) is 6.63. The van der Waals surface area contributed by atoms with Crippen molar-refractivity contribution in [2.24, 2.45) is 0 Å². The van der Waals surface area contributed by atoms with Crippen molar-refractivity contribution in [1.29, 1.82) is 0 Å². The second-order valence-electron chi connectivity index (χ2n) is 5.08. The lowest BCUT2D eigenvalue weighted by molar-refractivity contribution is 0.140. The van der Waals surface area contributed by atoms with Gasteiger partial charge in [0, 0.05) is 24.6 Å². The third kappa shape index (κ3) is 2.87. The minimum absolute atomic E-state index is 0.00628. The molecule has 104 valence electrons. The Bertz CT molecular complexity index is 449. The Kier molecular flexibility index (Phi) is 3.66. The third-order valence-corrected chi connectivity index (χ3v) is 3.61. The normalized spacial score (nSPS) is 30.7. The number of rotatable bonds is 3. The van der Waals surface area contributed by atoms with Gasteiger partial charge in [-0.3, -0.25) is 0 Å². The molecule has 5 heteroatoms. The maximum absolute atomic E-state index is 13.4. The van der Waals surface area contributed by atoms with E-state index >= 15 is 0 Å². The zero-order chi connectivity index (χ0) is 13.2. The van der Waals surface area contributed by atoms with Gasteiger partial charge in [-0.05, 0) is 24.6 Å². The Morgan fingerprint density at radius 3 is 2.95 bits per heavy atom. The van der Waals surface area contributed by atoms with E-state index in [1.54, 1.807) is 6.07 Å². The summed E-state index contributed by atoms with van der Waals surface area (Å²) in [5, 5.41) is 3.06. The van der Waals surface area contributed by atoms with Gasteiger partial charge in [0.15, 0.2) is 0 Å². The number of hydrogen-bond donors (Lipinski definition) is 1. The highest BCUT2D eigenvalue weighted by Crippen LogP contribution is 2.33. The van der Waals surface area contributed by atoms with Crippen LogP contribution in [0.2, 0.25) is 0 Å². The van der Waals surface area contributed by atoms with Crippen molar-refractivity contribution in [3.05, 3.63) is 29.6 Å². The predicted octanol–water partition coefficient (Wildman–Crippen LogP) is 2.37. The molecule has 1 N–H and O–H groups in total. The van der Waals surface area contributed by atoms with Gasteiger partial charge < -0.3 is 14.8 Å². The van der Waals surface area contributed by atoms with Crippen LogP contribution in [0.5, 0.6) is 5.75 Å². The van der Waals surface area contributed by atoms with E-state index in [0.717, 1.165) is 6.42 Å². The molecule has 2 heterocycles. The van der Waals surface area contributed by atoms with Crippen LogP contribution in [0.15, 0.2) is 18.2 Å². The monoisotopic (exact) mass is 269 g/mol. The van der Waals surface area contributed by atoms with Gasteiger partial charge in [0.25, 0.3) is 0 Å². The minimum Gasteiger partial charge on any atom is -0.488 e. The van der Waals surface area contributed by atoms with E-state index < -0.39 is 6.17 Å². The van der Waals surface area contributed by atoms with Crippen molar-refractivity contribution in [2.75, 3.05) is 19.8 Å². The molecule has 0 amide bonds. The van der Waals surface area contributed by atoms with Crippen LogP contribution in [-0.2, 0) is 4.74 Å². The lowest BCUT2D eigenvalue weighted by Crippen LogP contribution is -2.19. The topological polar surface area (TPSA) is 30.5 Å². The van der Waals surface area contributed by atoms with Crippen LogP contribution in [0.3, 0.4) is 0 Å². The average Bonchev–Trinajstić information content (AvgIpc) is 3.03. The molecule has 0 aliphatic carbocycles. The SMILES string of the molecule is Fc1ccc(O[C@H]2CCOC2)c([C@@H]2C[C@@H](F)CN2)c1. The Hall–Kier alpha value is -1.20. The van der Waals surface area contributed by atoms with Crippen molar-refractivity contribution in [3.63, 3.8) is 0 Å². The minimum atomic E-state index is -0.879. The van der Waals surface area contributed by atoms with E-state index in [1.165, 1.54) is 12.1 Å². The third-order valence-electron chi connectivity index (χ3n) is 3.61. The van der Waals surface area contributed by atoms with E-state index in [1.807, 2.05) is 0 Å². The van der Waals surface area contributed by atoms with E-state index in [-0.39, 0.29) is 18.0 Å². The number of alkyl halides is 1. The molecule has 2 aliphatic heterocycles. The number of benzene rings is 1. The predicted molar refractivity (Wildman–Crippen MR) is 66.5 cm³/mol. The number of nitrogens with one attached hydrogen (secondary N) is 1. The summed E-state index contributed by atoms with van der Waals surface area (Å²) in [7, 11) is 0. The van der Waals surface area contributed by atoms with Gasteiger partial charge in [0.05, 0.1) is 13.2 Å². The molecular formula is C14H17F2NO2. The molecular weight excluding hydrogens is 252 g/mol. The van der Waals surface area contributed by atoms with Crippen molar-refractivity contribution in [3.8, 4) is 5.75 Å². The highest BCUT2D eigenvalue weighted by atomic mass is 19.1. The van der Waals surface area contributed by atoms with E-state index in [4.69, 9.17) is 9.47 Å². The summed E-state index contributed by atoms with van der Waals surface area (Å²) >= 11 is 0. The molecule has 0 radical (unpaired) electrons. The van der Waals surface area contributed by atoms with E-state index in [2.05, 4.69) is 5.32 Å². The smallest absolute Gasteiger partial charge is 0.124 e. The number of ether oxygens (including phenoxy) is 2. The summed E-state index contributed by atoms with van der Waals surface area (Å²) in [6.07, 6.45) is 0.324. The molecule has 2 aliphatic rings. The van der Waals surface area contributed by atoms with Crippen molar-refractivity contribution in [2.45, 2.75) is 31.2 Å². The molecule has 1 aromatic rings. The first-order chi connectivity index (χ1) is 9.22. The molecule has 3 atom stereocenters. The fourth-order valence-electron chi connectivity index (χ4n) is 2.61. The first kappa shape index (κ1) is 12.8. The second kappa shape index (κ2) is 5.43. The summed E-state index contributed by atoms with van der Waals surface area (Å²) in [6.45, 7) is 1.56. The first-order valence-electron chi connectivity index (χ1n) is 6.63. The van der Waals surface area contributed by atoms with Crippen LogP contribution < -0.4 is 10.1 Å². The average molecular weight is 269 g/mol. The van der Waals surface area contributed by atoms with E-state index in [0.29, 0.717) is 37.5 Å². The summed E-state index contributed by atoms with van der Waals surface area (Å²) in [6, 6.07) is 4.25. The van der Waals surface area contributed by atoms with Crippen LogP contribution in [-0.4, -0.2) is 32.0 Å². The van der Waals surface area contributed by atoms with Crippen LogP contribution in [0.1, 0.15) is 24.4 Å². The summed E-state index contributed by atoms with van der Waals surface area (Å²) in [5.41, 5.74) is 0.701. The summed E-state index contributed by atoms with van der Waals surface area (Å²) in [5.74, 6) is 0.303. The lowest BCUT2D eigenvalue weighted by Gasteiger charge is -2.19. The molecule has 0 saturated carbocycles. The standard InChI is InChI=1S/C14H17F2NO2/c15-9-1-2-14(19-11-3-4-18-8-11)12(5-9)13-6-10(16)7-17-13/h1-2,5,10-11,13,17H,3-4,6-8H2/t10-,11+,13+/m1/s1. The molecule has 2 fully saturated rings. The highest BCUT2D eigenvalue weighted by molar-refractivity contribution is 5.37. The molecule has 3 nitrogen and oxygen atoms in total. The lowest BCUT2D eigenvalue weighted by atomic mass is 10.0. The number of halogens is 2. The van der Waals surface area contributed by atoms with Crippen molar-refractivity contribution >= 4 is 0 Å². The van der Waals surface area contributed by atoms with Crippen LogP contribution in [0.4, 0.5) is 8.78 Å². The fraction of sp³-hybridized carbons (Fsp3) is 0.571. The number of hydrogen-bond acceptors (Lipinski definition) is 3. The molecule has 2 saturated heterocycles. The molecule has 3 rings (SSSR count). The molecule has 0 bridgehead atoms. The maximum Gasteiger partial charge on any atom is 0.124 e. The van der Waals surface area contributed by atoms with Crippen LogP contribution in [0, 0.1) is 5.82 Å². The molecule has 1 aromatic carbocycles. The van der Waals surface area contributed by atoms with E-state index in [9.17, 15) is 8.78 Å². The Morgan fingerprint density at radius 1 is 1.37 bits per heavy atom. The van der Waals surface area contributed by atoms with Gasteiger partial charge in [-0.25, -0.2) is 8.78 Å². The molecule has 0 aromatic heterocycles. The van der Waals surface area contributed by atoms with Crippen molar-refractivity contribution in [1.82, 2.24) is 5.32 Å². The summed E-state index contributed by atoms with van der Waals surface area (Å²) in [4.78, 5) is 0. The van der Waals surface area contributed by atoms with Gasteiger partial charge in [-0.2, -0.15) is 0 Å². The highest BCUT2D eigenvalue weighted by Gasteiger charge is 2.28. The molecule has 19 heavy (non-hydrogen) atoms. The van der Waals surface area contributed by atoms with Gasteiger partial charge in [0.2, 0.25) is 0 Å². The fourth-order valence-corrected chi connectivity index (χ4v) is 2.61. The van der Waals surface area contributed by atoms with Crippen molar-refractivity contribution < 1.29 is 18.3 Å².